The second kappa shape index (κ2) is 4.87. The molecular weight excluding hydrogens is 234 g/mol. The average molecular weight is 247 g/mol. The molecule has 0 aliphatic heterocycles. The van der Waals surface area contributed by atoms with E-state index in [0.29, 0.717) is 5.69 Å². The molecule has 0 aliphatic carbocycles. The lowest BCUT2D eigenvalue weighted by Crippen LogP contribution is -2.39. The number of carboxylic acids is 1. The van der Waals surface area contributed by atoms with Crippen LogP contribution in [0.3, 0.4) is 0 Å². The highest BCUT2D eigenvalue weighted by molar-refractivity contribution is 5.84. The van der Waals surface area contributed by atoms with Crippen LogP contribution in [0.2, 0.25) is 0 Å². The SMILES string of the molecule is C[C@@H](NC(=O)Cc1cn2ccccc2n1)C(=O)O. The van der Waals surface area contributed by atoms with Crippen molar-refractivity contribution in [1.82, 2.24) is 14.7 Å². The first-order valence-corrected chi connectivity index (χ1v) is 5.51. The average Bonchev–Trinajstić information content (AvgIpc) is 2.70. The van der Waals surface area contributed by atoms with Crippen molar-refractivity contribution in [2.24, 2.45) is 0 Å². The summed E-state index contributed by atoms with van der Waals surface area (Å²) in [5, 5.41) is 11.1. The number of carbonyl (C=O) groups excluding carboxylic acids is 1. The molecule has 2 aromatic rings. The number of fused-ring (bicyclic) bond motifs is 1. The Labute approximate surface area is 103 Å². The minimum absolute atomic E-state index is 0.0688. The third-order valence-corrected chi connectivity index (χ3v) is 2.50. The Morgan fingerprint density at radius 3 is 2.94 bits per heavy atom. The lowest BCUT2D eigenvalue weighted by atomic mass is 10.3. The number of pyridine rings is 1. The smallest absolute Gasteiger partial charge is 0.325 e. The zero-order valence-corrected chi connectivity index (χ0v) is 9.83. The van der Waals surface area contributed by atoms with Gasteiger partial charge in [-0.05, 0) is 19.1 Å². The molecule has 2 rings (SSSR count). The molecule has 0 radical (unpaired) electrons. The molecule has 2 aromatic heterocycles. The number of carboxylic acid groups (broad SMARTS) is 1. The van der Waals surface area contributed by atoms with Crippen molar-refractivity contribution in [3.05, 3.63) is 36.3 Å². The van der Waals surface area contributed by atoms with Crippen LogP contribution in [0, 0.1) is 0 Å². The summed E-state index contributed by atoms with van der Waals surface area (Å²) in [5.74, 6) is -1.41. The minimum Gasteiger partial charge on any atom is -0.480 e. The number of aliphatic carboxylic acids is 1. The van der Waals surface area contributed by atoms with E-state index in [-0.39, 0.29) is 12.3 Å². The summed E-state index contributed by atoms with van der Waals surface area (Å²) in [6, 6.07) is 4.67. The maximum Gasteiger partial charge on any atom is 0.325 e. The molecule has 6 heteroatoms. The van der Waals surface area contributed by atoms with Gasteiger partial charge >= 0.3 is 5.97 Å². The number of nitrogens with zero attached hydrogens (tertiary/aromatic N) is 2. The van der Waals surface area contributed by atoms with E-state index >= 15 is 0 Å². The van der Waals surface area contributed by atoms with Crippen molar-refractivity contribution in [1.29, 1.82) is 0 Å². The Bertz CT molecular complexity index is 558. The van der Waals surface area contributed by atoms with E-state index in [1.54, 1.807) is 6.20 Å². The standard InChI is InChI=1S/C12H13N3O3/c1-8(12(17)18)13-11(16)6-9-7-15-5-3-2-4-10(15)14-9/h2-5,7-8H,6H2,1H3,(H,13,16)(H,17,18)/t8-/m1/s1. The van der Waals surface area contributed by atoms with Crippen LogP contribution in [0.4, 0.5) is 0 Å². The number of hydrogen-bond donors (Lipinski definition) is 2. The molecule has 0 spiro atoms. The van der Waals surface area contributed by atoms with Crippen molar-refractivity contribution in [3.63, 3.8) is 0 Å². The minimum atomic E-state index is -1.06. The summed E-state index contributed by atoms with van der Waals surface area (Å²) in [4.78, 5) is 26.4. The van der Waals surface area contributed by atoms with E-state index in [4.69, 9.17) is 5.11 Å². The number of hydrogen-bond acceptors (Lipinski definition) is 3. The van der Waals surface area contributed by atoms with Gasteiger partial charge in [-0.3, -0.25) is 9.59 Å². The summed E-state index contributed by atoms with van der Waals surface area (Å²) < 4.78 is 1.81. The van der Waals surface area contributed by atoms with Gasteiger partial charge in [0.25, 0.3) is 0 Å². The van der Waals surface area contributed by atoms with Crippen molar-refractivity contribution in [2.75, 3.05) is 0 Å². The molecule has 0 aromatic carbocycles. The summed E-state index contributed by atoms with van der Waals surface area (Å²) in [7, 11) is 0. The van der Waals surface area contributed by atoms with Crippen LogP contribution in [0.25, 0.3) is 5.65 Å². The summed E-state index contributed by atoms with van der Waals surface area (Å²) in [6.07, 6.45) is 3.66. The third-order valence-electron chi connectivity index (χ3n) is 2.50. The number of carbonyl (C=O) groups is 2. The fourth-order valence-electron chi connectivity index (χ4n) is 1.59. The summed E-state index contributed by atoms with van der Waals surface area (Å²) in [5.41, 5.74) is 1.36. The Morgan fingerprint density at radius 2 is 2.28 bits per heavy atom. The molecule has 0 saturated carbocycles. The molecule has 0 fully saturated rings. The van der Waals surface area contributed by atoms with Gasteiger partial charge in [0.15, 0.2) is 0 Å². The number of nitrogens with one attached hydrogen (secondary N) is 1. The number of aromatic nitrogens is 2. The van der Waals surface area contributed by atoms with Gasteiger partial charge in [0.1, 0.15) is 11.7 Å². The molecule has 6 nitrogen and oxygen atoms in total. The van der Waals surface area contributed by atoms with Crippen LogP contribution in [0.1, 0.15) is 12.6 Å². The molecule has 1 atom stereocenters. The largest absolute Gasteiger partial charge is 0.480 e. The second-order valence-corrected chi connectivity index (χ2v) is 4.00. The van der Waals surface area contributed by atoms with E-state index in [0.717, 1.165) is 5.65 Å². The van der Waals surface area contributed by atoms with Crippen LogP contribution in [-0.4, -0.2) is 32.4 Å². The molecule has 18 heavy (non-hydrogen) atoms. The second-order valence-electron chi connectivity index (χ2n) is 4.00. The van der Waals surface area contributed by atoms with Gasteiger partial charge in [0, 0.05) is 12.4 Å². The van der Waals surface area contributed by atoms with E-state index in [2.05, 4.69) is 10.3 Å². The van der Waals surface area contributed by atoms with Crippen molar-refractivity contribution in [2.45, 2.75) is 19.4 Å². The van der Waals surface area contributed by atoms with E-state index < -0.39 is 12.0 Å². The van der Waals surface area contributed by atoms with Crippen LogP contribution in [0.15, 0.2) is 30.6 Å². The van der Waals surface area contributed by atoms with Gasteiger partial charge in [0.05, 0.1) is 12.1 Å². The number of imidazole rings is 1. The van der Waals surface area contributed by atoms with Crippen LogP contribution < -0.4 is 5.32 Å². The Morgan fingerprint density at radius 1 is 1.50 bits per heavy atom. The molecule has 2 N–H and O–H groups in total. The summed E-state index contributed by atoms with van der Waals surface area (Å²) >= 11 is 0. The Balaban J connectivity index is 2.05. The van der Waals surface area contributed by atoms with Crippen molar-refractivity contribution >= 4 is 17.5 Å². The molecule has 94 valence electrons. The third kappa shape index (κ3) is 2.65. The molecule has 0 aliphatic rings. The first-order valence-electron chi connectivity index (χ1n) is 5.51. The highest BCUT2D eigenvalue weighted by atomic mass is 16.4. The molecule has 0 saturated heterocycles. The predicted molar refractivity (Wildman–Crippen MR) is 64.1 cm³/mol. The van der Waals surface area contributed by atoms with E-state index in [1.165, 1.54) is 6.92 Å². The molecular formula is C12H13N3O3. The van der Waals surface area contributed by atoms with Gasteiger partial charge in [-0.2, -0.15) is 0 Å². The van der Waals surface area contributed by atoms with Crippen LogP contribution in [-0.2, 0) is 16.0 Å². The van der Waals surface area contributed by atoms with Crippen molar-refractivity contribution < 1.29 is 14.7 Å². The molecule has 0 unspecified atom stereocenters. The fraction of sp³-hybridized carbons (Fsp3) is 0.250. The zero-order chi connectivity index (χ0) is 13.1. The number of amides is 1. The molecule has 2 heterocycles. The monoisotopic (exact) mass is 247 g/mol. The van der Waals surface area contributed by atoms with E-state index in [1.807, 2.05) is 28.8 Å². The fourth-order valence-corrected chi connectivity index (χ4v) is 1.59. The first kappa shape index (κ1) is 12.1. The van der Waals surface area contributed by atoms with Crippen molar-refractivity contribution in [3.8, 4) is 0 Å². The van der Waals surface area contributed by atoms with E-state index in [9.17, 15) is 9.59 Å². The van der Waals surface area contributed by atoms with Crippen LogP contribution in [0.5, 0.6) is 0 Å². The number of rotatable bonds is 4. The maximum atomic E-state index is 11.6. The first-order chi connectivity index (χ1) is 8.56. The molecule has 1 amide bonds. The van der Waals surface area contributed by atoms with Gasteiger partial charge < -0.3 is 14.8 Å². The lowest BCUT2D eigenvalue weighted by Gasteiger charge is -2.07. The van der Waals surface area contributed by atoms with Gasteiger partial charge in [-0.15, -0.1) is 0 Å². The summed E-state index contributed by atoms with van der Waals surface area (Å²) in [6.45, 7) is 1.42. The normalized spacial score (nSPS) is 12.3. The van der Waals surface area contributed by atoms with Gasteiger partial charge in [-0.1, -0.05) is 6.07 Å². The highest BCUT2D eigenvalue weighted by Crippen LogP contribution is 2.05. The van der Waals surface area contributed by atoms with Crippen LogP contribution >= 0.6 is 0 Å². The van der Waals surface area contributed by atoms with Gasteiger partial charge in [-0.25, -0.2) is 4.98 Å². The Kier molecular flexibility index (Phi) is 3.27. The Hall–Kier alpha value is -2.37. The predicted octanol–water partition coefficient (Wildman–Crippen LogP) is 0.466. The molecule has 0 bridgehead atoms. The lowest BCUT2D eigenvalue weighted by molar-refractivity contribution is -0.141. The maximum absolute atomic E-state index is 11.6. The zero-order valence-electron chi connectivity index (χ0n) is 9.83. The topological polar surface area (TPSA) is 83.7 Å². The van der Waals surface area contributed by atoms with Gasteiger partial charge in [0.2, 0.25) is 5.91 Å². The highest BCUT2D eigenvalue weighted by Gasteiger charge is 2.15. The quantitative estimate of drug-likeness (QED) is 0.822.